The minimum Gasteiger partial charge on any atom is -0.373 e. The van der Waals surface area contributed by atoms with Crippen LogP contribution in [-0.2, 0) is 0 Å². The molecule has 2 heterocycles. The number of hydrogen-bond acceptors (Lipinski definition) is 4. The molecule has 1 fully saturated rings. The molecular formula is C12H20N4. The smallest absolute Gasteiger partial charge is 0.137 e. The lowest BCUT2D eigenvalue weighted by Gasteiger charge is -2.21. The third-order valence-corrected chi connectivity index (χ3v) is 3.19. The second-order valence-electron chi connectivity index (χ2n) is 4.66. The summed E-state index contributed by atoms with van der Waals surface area (Å²) in [6, 6.07) is 0. The topological polar surface area (TPSA) is 41.1 Å². The van der Waals surface area contributed by atoms with Gasteiger partial charge in [0.25, 0.3) is 0 Å². The molecule has 1 atom stereocenters. The van der Waals surface area contributed by atoms with Crippen molar-refractivity contribution in [3.05, 3.63) is 11.4 Å². The van der Waals surface area contributed by atoms with Crippen LogP contribution in [0.2, 0.25) is 0 Å². The van der Waals surface area contributed by atoms with Gasteiger partial charge in [0.1, 0.15) is 17.5 Å². The molecule has 1 N–H and O–H groups in total. The average molecular weight is 220 g/mol. The molecule has 0 amide bonds. The lowest BCUT2D eigenvalue weighted by molar-refractivity contribution is 0.658. The fraction of sp³-hybridized carbons (Fsp3) is 0.667. The summed E-state index contributed by atoms with van der Waals surface area (Å²) in [5, 5.41) is 3.13. The van der Waals surface area contributed by atoms with Crippen LogP contribution >= 0.6 is 0 Å². The molecule has 0 saturated carbocycles. The van der Waals surface area contributed by atoms with Crippen molar-refractivity contribution < 1.29 is 0 Å². The zero-order chi connectivity index (χ0) is 11.7. The molecule has 88 valence electrons. The van der Waals surface area contributed by atoms with E-state index in [1.807, 2.05) is 14.0 Å². The monoisotopic (exact) mass is 220 g/mol. The second kappa shape index (κ2) is 4.28. The summed E-state index contributed by atoms with van der Waals surface area (Å²) in [6.45, 7) is 8.55. The lowest BCUT2D eigenvalue weighted by Crippen LogP contribution is -2.22. The van der Waals surface area contributed by atoms with E-state index in [-0.39, 0.29) is 0 Å². The summed E-state index contributed by atoms with van der Waals surface area (Å²) < 4.78 is 0. The van der Waals surface area contributed by atoms with Gasteiger partial charge in [-0.25, -0.2) is 9.97 Å². The van der Waals surface area contributed by atoms with E-state index in [1.165, 1.54) is 6.42 Å². The first kappa shape index (κ1) is 11.2. The van der Waals surface area contributed by atoms with Crippen molar-refractivity contribution in [3.8, 4) is 0 Å². The fourth-order valence-corrected chi connectivity index (χ4v) is 2.29. The zero-order valence-corrected chi connectivity index (χ0v) is 10.5. The van der Waals surface area contributed by atoms with Gasteiger partial charge in [-0.15, -0.1) is 0 Å². The predicted molar refractivity (Wildman–Crippen MR) is 67.0 cm³/mol. The van der Waals surface area contributed by atoms with Crippen LogP contribution in [-0.4, -0.2) is 30.1 Å². The van der Waals surface area contributed by atoms with Crippen LogP contribution in [0.5, 0.6) is 0 Å². The van der Waals surface area contributed by atoms with Crippen LogP contribution in [0.1, 0.15) is 24.7 Å². The van der Waals surface area contributed by atoms with Gasteiger partial charge in [0.05, 0.1) is 0 Å². The Kier molecular flexibility index (Phi) is 2.99. The number of aryl methyl sites for hydroxylation is 1. The van der Waals surface area contributed by atoms with Gasteiger partial charge in [0.2, 0.25) is 0 Å². The summed E-state index contributed by atoms with van der Waals surface area (Å²) in [4.78, 5) is 11.3. The molecule has 1 saturated heterocycles. The first-order chi connectivity index (χ1) is 7.61. The third kappa shape index (κ3) is 1.96. The van der Waals surface area contributed by atoms with Gasteiger partial charge in [0.15, 0.2) is 0 Å². The summed E-state index contributed by atoms with van der Waals surface area (Å²) >= 11 is 0. The van der Waals surface area contributed by atoms with Crippen LogP contribution in [0.25, 0.3) is 0 Å². The van der Waals surface area contributed by atoms with E-state index in [0.717, 1.165) is 42.0 Å². The van der Waals surface area contributed by atoms with Crippen molar-refractivity contribution in [1.29, 1.82) is 0 Å². The van der Waals surface area contributed by atoms with Crippen molar-refractivity contribution in [2.45, 2.75) is 27.2 Å². The maximum Gasteiger partial charge on any atom is 0.137 e. The molecule has 1 aliphatic rings. The quantitative estimate of drug-likeness (QED) is 0.827. The largest absolute Gasteiger partial charge is 0.373 e. The molecule has 1 aliphatic heterocycles. The minimum absolute atomic E-state index is 0.771. The predicted octanol–water partition coefficient (Wildman–Crippen LogP) is 1.98. The van der Waals surface area contributed by atoms with Gasteiger partial charge in [-0.05, 0) is 26.2 Å². The van der Waals surface area contributed by atoms with E-state index in [2.05, 4.69) is 34.0 Å². The molecule has 1 aromatic heterocycles. The van der Waals surface area contributed by atoms with E-state index < -0.39 is 0 Å². The molecule has 1 unspecified atom stereocenters. The number of nitrogens with zero attached hydrogens (tertiary/aromatic N) is 3. The summed E-state index contributed by atoms with van der Waals surface area (Å²) in [5.41, 5.74) is 1.15. The first-order valence-electron chi connectivity index (χ1n) is 5.89. The van der Waals surface area contributed by atoms with Crippen LogP contribution in [0.4, 0.5) is 11.6 Å². The van der Waals surface area contributed by atoms with E-state index >= 15 is 0 Å². The number of aromatic nitrogens is 2. The molecule has 1 aromatic rings. The van der Waals surface area contributed by atoms with E-state index in [4.69, 9.17) is 0 Å². The van der Waals surface area contributed by atoms with Crippen molar-refractivity contribution in [2.75, 3.05) is 30.4 Å². The Hall–Kier alpha value is -1.32. The standard InChI is InChI=1S/C12H20N4/c1-8-5-6-16(7-8)12-9(2)11(13-4)14-10(3)15-12/h8H,5-7H2,1-4H3,(H,13,14,15). The van der Waals surface area contributed by atoms with E-state index in [9.17, 15) is 0 Å². The molecule has 2 rings (SSSR count). The Balaban J connectivity index is 2.36. The minimum atomic E-state index is 0.771. The van der Waals surface area contributed by atoms with Crippen LogP contribution < -0.4 is 10.2 Å². The van der Waals surface area contributed by atoms with Gasteiger partial charge in [-0.2, -0.15) is 0 Å². The van der Waals surface area contributed by atoms with Crippen LogP contribution in [0.3, 0.4) is 0 Å². The van der Waals surface area contributed by atoms with Crippen molar-refractivity contribution in [2.24, 2.45) is 5.92 Å². The van der Waals surface area contributed by atoms with Crippen molar-refractivity contribution in [3.63, 3.8) is 0 Å². The Labute approximate surface area is 97.1 Å². The fourth-order valence-electron chi connectivity index (χ4n) is 2.29. The van der Waals surface area contributed by atoms with Gasteiger partial charge in [0, 0.05) is 25.7 Å². The summed E-state index contributed by atoms with van der Waals surface area (Å²) in [7, 11) is 1.91. The Morgan fingerprint density at radius 3 is 2.62 bits per heavy atom. The zero-order valence-electron chi connectivity index (χ0n) is 10.5. The maximum atomic E-state index is 4.57. The number of nitrogens with one attached hydrogen (secondary N) is 1. The summed E-state index contributed by atoms with van der Waals surface area (Å²) in [5.74, 6) is 3.65. The molecule has 0 aliphatic carbocycles. The molecule has 0 radical (unpaired) electrons. The molecular weight excluding hydrogens is 200 g/mol. The average Bonchev–Trinajstić information content (AvgIpc) is 2.67. The van der Waals surface area contributed by atoms with Crippen molar-refractivity contribution >= 4 is 11.6 Å². The number of rotatable bonds is 2. The molecule has 0 aromatic carbocycles. The normalized spacial score (nSPS) is 20.2. The highest BCUT2D eigenvalue weighted by Gasteiger charge is 2.22. The maximum absolute atomic E-state index is 4.57. The van der Waals surface area contributed by atoms with Crippen molar-refractivity contribution in [1.82, 2.24) is 9.97 Å². The van der Waals surface area contributed by atoms with Crippen LogP contribution in [0, 0.1) is 19.8 Å². The highest BCUT2D eigenvalue weighted by Crippen LogP contribution is 2.27. The molecule has 0 spiro atoms. The van der Waals surface area contributed by atoms with Gasteiger partial charge in [-0.3, -0.25) is 0 Å². The first-order valence-corrected chi connectivity index (χ1v) is 5.89. The SMILES string of the molecule is CNc1nc(C)nc(N2CCC(C)C2)c1C. The highest BCUT2D eigenvalue weighted by atomic mass is 15.2. The summed E-state index contributed by atoms with van der Waals surface area (Å²) in [6.07, 6.45) is 1.26. The number of anilines is 2. The molecule has 0 bridgehead atoms. The number of hydrogen-bond donors (Lipinski definition) is 1. The van der Waals surface area contributed by atoms with Crippen LogP contribution in [0.15, 0.2) is 0 Å². The Morgan fingerprint density at radius 2 is 2.06 bits per heavy atom. The van der Waals surface area contributed by atoms with E-state index in [0.29, 0.717) is 0 Å². The Morgan fingerprint density at radius 1 is 1.31 bits per heavy atom. The molecule has 4 nitrogen and oxygen atoms in total. The van der Waals surface area contributed by atoms with Gasteiger partial charge in [-0.1, -0.05) is 6.92 Å². The van der Waals surface area contributed by atoms with Gasteiger partial charge < -0.3 is 10.2 Å². The van der Waals surface area contributed by atoms with E-state index in [1.54, 1.807) is 0 Å². The molecule has 16 heavy (non-hydrogen) atoms. The highest BCUT2D eigenvalue weighted by molar-refractivity contribution is 5.58. The molecule has 4 heteroatoms. The Bertz CT molecular complexity index is 389. The second-order valence-corrected chi connectivity index (χ2v) is 4.66. The van der Waals surface area contributed by atoms with Gasteiger partial charge >= 0.3 is 0 Å². The third-order valence-electron chi connectivity index (χ3n) is 3.19. The lowest BCUT2D eigenvalue weighted by atomic mass is 10.2.